The fourth-order valence-electron chi connectivity index (χ4n) is 1.72. The molecule has 0 radical (unpaired) electrons. The maximum atomic E-state index is 12.0. The minimum atomic E-state index is 0.0435. The largest absolute Gasteiger partial charge is 0.495 e. The third-order valence-electron chi connectivity index (χ3n) is 2.66. The number of nitrogen functional groups attached to an aromatic ring is 1. The van der Waals surface area contributed by atoms with Crippen LogP contribution >= 0.6 is 0 Å². The lowest BCUT2D eigenvalue weighted by molar-refractivity contribution is 0.0993. The van der Waals surface area contributed by atoms with E-state index in [1.54, 1.807) is 43.8 Å². The van der Waals surface area contributed by atoms with Gasteiger partial charge in [0.1, 0.15) is 5.75 Å². The van der Waals surface area contributed by atoms with Gasteiger partial charge in [0.15, 0.2) is 5.78 Å². The number of rotatable bonds is 4. The molecule has 2 rings (SSSR count). The maximum absolute atomic E-state index is 12.0. The van der Waals surface area contributed by atoms with Gasteiger partial charge in [0.25, 0.3) is 0 Å². The van der Waals surface area contributed by atoms with Gasteiger partial charge in [-0.1, -0.05) is 6.07 Å². The zero-order valence-electron chi connectivity index (χ0n) is 10.1. The summed E-state index contributed by atoms with van der Waals surface area (Å²) in [4.78, 5) is 15.9. The molecule has 1 heterocycles. The Bertz CT molecular complexity index is 553. The number of ether oxygens (including phenoxy) is 1. The van der Waals surface area contributed by atoms with Crippen molar-refractivity contribution in [3.05, 3.63) is 53.9 Å². The highest BCUT2D eigenvalue weighted by molar-refractivity contribution is 5.97. The van der Waals surface area contributed by atoms with Gasteiger partial charge in [0, 0.05) is 24.4 Å². The van der Waals surface area contributed by atoms with Crippen molar-refractivity contribution < 1.29 is 9.53 Å². The number of carbonyl (C=O) groups excluding carboxylic acids is 1. The number of hydrogen-bond acceptors (Lipinski definition) is 4. The average molecular weight is 242 g/mol. The quantitative estimate of drug-likeness (QED) is 0.658. The number of anilines is 1. The summed E-state index contributed by atoms with van der Waals surface area (Å²) < 4.78 is 5.07. The van der Waals surface area contributed by atoms with Crippen LogP contribution in [0.25, 0.3) is 0 Å². The second-order valence-electron chi connectivity index (χ2n) is 3.91. The molecule has 0 saturated carbocycles. The third-order valence-corrected chi connectivity index (χ3v) is 2.66. The summed E-state index contributed by atoms with van der Waals surface area (Å²) in [5, 5.41) is 0. The van der Waals surface area contributed by atoms with Gasteiger partial charge in [0.2, 0.25) is 0 Å². The van der Waals surface area contributed by atoms with Gasteiger partial charge in [0.05, 0.1) is 12.8 Å². The normalized spacial score (nSPS) is 10.1. The van der Waals surface area contributed by atoms with Crippen molar-refractivity contribution in [3.63, 3.8) is 0 Å². The van der Waals surface area contributed by atoms with Crippen molar-refractivity contribution in [1.29, 1.82) is 0 Å². The molecule has 0 aliphatic rings. The molecule has 4 heteroatoms. The van der Waals surface area contributed by atoms with Crippen LogP contribution in [-0.4, -0.2) is 17.9 Å². The van der Waals surface area contributed by atoms with Crippen LogP contribution in [0.2, 0.25) is 0 Å². The predicted molar refractivity (Wildman–Crippen MR) is 69.7 cm³/mol. The first-order valence-corrected chi connectivity index (χ1v) is 5.56. The number of ketones is 1. The molecular weight excluding hydrogens is 228 g/mol. The minimum Gasteiger partial charge on any atom is -0.495 e. The van der Waals surface area contributed by atoms with Crippen LogP contribution < -0.4 is 10.5 Å². The topological polar surface area (TPSA) is 65.2 Å². The van der Waals surface area contributed by atoms with Crippen LogP contribution in [0.5, 0.6) is 5.75 Å². The van der Waals surface area contributed by atoms with Gasteiger partial charge in [-0.25, -0.2) is 0 Å². The zero-order valence-corrected chi connectivity index (χ0v) is 10.1. The molecule has 0 atom stereocenters. The molecule has 0 saturated heterocycles. The van der Waals surface area contributed by atoms with Crippen molar-refractivity contribution in [2.45, 2.75) is 6.42 Å². The zero-order chi connectivity index (χ0) is 13.0. The fraction of sp³-hybridized carbons (Fsp3) is 0.143. The van der Waals surface area contributed by atoms with E-state index in [9.17, 15) is 4.79 Å². The molecule has 0 fully saturated rings. The number of carbonyl (C=O) groups is 1. The first kappa shape index (κ1) is 12.1. The number of pyridine rings is 1. The van der Waals surface area contributed by atoms with E-state index in [-0.39, 0.29) is 5.78 Å². The molecule has 4 nitrogen and oxygen atoms in total. The third kappa shape index (κ3) is 2.66. The Morgan fingerprint density at radius 1 is 1.28 bits per heavy atom. The first-order valence-electron chi connectivity index (χ1n) is 5.56. The van der Waals surface area contributed by atoms with Gasteiger partial charge in [-0.05, 0) is 29.8 Å². The Labute approximate surface area is 105 Å². The minimum absolute atomic E-state index is 0.0435. The van der Waals surface area contributed by atoms with Gasteiger partial charge >= 0.3 is 0 Å². The van der Waals surface area contributed by atoms with Crippen LogP contribution in [0.4, 0.5) is 5.69 Å². The molecule has 1 aromatic carbocycles. The fourth-order valence-corrected chi connectivity index (χ4v) is 1.72. The molecule has 0 aliphatic carbocycles. The molecule has 0 aliphatic heterocycles. The molecule has 2 aromatic rings. The molecule has 0 bridgehead atoms. The van der Waals surface area contributed by atoms with Gasteiger partial charge in [-0.2, -0.15) is 0 Å². The molecule has 2 N–H and O–H groups in total. The van der Waals surface area contributed by atoms with E-state index in [0.717, 1.165) is 5.56 Å². The first-order chi connectivity index (χ1) is 8.70. The molecule has 92 valence electrons. The van der Waals surface area contributed by atoms with E-state index in [1.807, 2.05) is 6.07 Å². The van der Waals surface area contributed by atoms with Gasteiger partial charge in [-0.3, -0.25) is 9.78 Å². The number of nitrogens with zero attached hydrogens (tertiary/aromatic N) is 1. The van der Waals surface area contributed by atoms with Crippen LogP contribution in [0.15, 0.2) is 42.7 Å². The van der Waals surface area contributed by atoms with Crippen LogP contribution in [0, 0.1) is 0 Å². The lowest BCUT2D eigenvalue weighted by Crippen LogP contribution is -2.04. The number of benzene rings is 1. The molecule has 18 heavy (non-hydrogen) atoms. The summed E-state index contributed by atoms with van der Waals surface area (Å²) in [5.74, 6) is 0.664. The van der Waals surface area contributed by atoms with Crippen molar-refractivity contribution in [2.24, 2.45) is 0 Å². The van der Waals surface area contributed by atoms with E-state index in [4.69, 9.17) is 10.5 Å². The molecule has 0 spiro atoms. The Balaban J connectivity index is 2.15. The summed E-state index contributed by atoms with van der Waals surface area (Å²) >= 11 is 0. The predicted octanol–water partition coefficient (Wildman–Crippen LogP) is 2.10. The van der Waals surface area contributed by atoms with E-state index in [2.05, 4.69) is 4.98 Å². The van der Waals surface area contributed by atoms with Crippen LogP contribution in [0.3, 0.4) is 0 Å². The lowest BCUT2D eigenvalue weighted by Gasteiger charge is -2.06. The summed E-state index contributed by atoms with van der Waals surface area (Å²) in [6.07, 6.45) is 3.53. The Morgan fingerprint density at radius 3 is 2.61 bits per heavy atom. The number of nitrogens with two attached hydrogens (primary N) is 1. The number of Topliss-reactive ketones (excluding diaryl/α,β-unsaturated/α-hetero) is 1. The summed E-state index contributed by atoms with van der Waals surface area (Å²) in [6, 6.07) is 8.78. The Kier molecular flexibility index (Phi) is 3.57. The number of hydrogen-bond donors (Lipinski definition) is 1. The highest BCUT2D eigenvalue weighted by Gasteiger charge is 2.08. The Hall–Kier alpha value is -2.36. The van der Waals surface area contributed by atoms with Gasteiger partial charge in [-0.15, -0.1) is 0 Å². The molecule has 1 aromatic heterocycles. The standard InChI is InChI=1S/C14H14N2O2/c1-18-14-3-2-10(8-12(14)15)9-13(17)11-4-6-16-7-5-11/h2-8H,9,15H2,1H3. The van der Waals surface area contributed by atoms with E-state index < -0.39 is 0 Å². The molecule has 0 unspecified atom stereocenters. The summed E-state index contributed by atoms with van der Waals surface area (Å²) in [7, 11) is 1.56. The Morgan fingerprint density at radius 2 is 2.00 bits per heavy atom. The summed E-state index contributed by atoms with van der Waals surface area (Å²) in [5.41, 5.74) is 7.86. The monoisotopic (exact) mass is 242 g/mol. The summed E-state index contributed by atoms with van der Waals surface area (Å²) in [6.45, 7) is 0. The van der Waals surface area contributed by atoms with Crippen molar-refractivity contribution in [2.75, 3.05) is 12.8 Å². The molecule has 0 amide bonds. The highest BCUT2D eigenvalue weighted by atomic mass is 16.5. The smallest absolute Gasteiger partial charge is 0.167 e. The van der Waals surface area contributed by atoms with Crippen molar-refractivity contribution in [1.82, 2.24) is 4.98 Å². The van der Waals surface area contributed by atoms with E-state index in [0.29, 0.717) is 23.4 Å². The maximum Gasteiger partial charge on any atom is 0.167 e. The second-order valence-corrected chi connectivity index (χ2v) is 3.91. The van der Waals surface area contributed by atoms with Crippen molar-refractivity contribution in [3.8, 4) is 5.75 Å². The number of aromatic nitrogens is 1. The lowest BCUT2D eigenvalue weighted by atomic mass is 10.0. The average Bonchev–Trinajstić information content (AvgIpc) is 2.40. The SMILES string of the molecule is COc1ccc(CC(=O)c2ccncc2)cc1N. The van der Waals surface area contributed by atoms with E-state index in [1.165, 1.54) is 0 Å². The second kappa shape index (κ2) is 5.31. The van der Waals surface area contributed by atoms with E-state index >= 15 is 0 Å². The molecular formula is C14H14N2O2. The van der Waals surface area contributed by atoms with Gasteiger partial charge < -0.3 is 10.5 Å². The highest BCUT2D eigenvalue weighted by Crippen LogP contribution is 2.22. The van der Waals surface area contributed by atoms with Crippen LogP contribution in [-0.2, 0) is 6.42 Å². The van der Waals surface area contributed by atoms with Crippen LogP contribution in [0.1, 0.15) is 15.9 Å². The van der Waals surface area contributed by atoms with Crippen molar-refractivity contribution >= 4 is 11.5 Å². The number of methoxy groups -OCH3 is 1.